The molecule has 0 aliphatic rings. The van der Waals surface area contributed by atoms with Gasteiger partial charge < -0.3 is 9.47 Å². The number of benzene rings is 1. The second-order valence-electron chi connectivity index (χ2n) is 5.67. The summed E-state index contributed by atoms with van der Waals surface area (Å²) in [5.41, 5.74) is 0.761. The van der Waals surface area contributed by atoms with Gasteiger partial charge in [-0.3, -0.25) is 19.9 Å². The number of fused-ring (bicyclic) bond motifs is 1. The molecule has 9 heteroatoms. The van der Waals surface area contributed by atoms with Crippen molar-refractivity contribution in [2.45, 2.75) is 13.3 Å². The number of non-ortho nitro benzene ring substituents is 1. The number of aromatic nitrogens is 2. The third-order valence-electron chi connectivity index (χ3n) is 3.70. The normalized spacial score (nSPS) is 10.6. The number of hydrogen-bond donors (Lipinski definition) is 0. The third-order valence-corrected chi connectivity index (χ3v) is 3.70. The van der Waals surface area contributed by atoms with Crippen LogP contribution in [0.5, 0.6) is 17.2 Å². The van der Waals surface area contributed by atoms with Crippen LogP contribution in [0.4, 0.5) is 10.1 Å². The molecule has 0 radical (unpaired) electrons. The van der Waals surface area contributed by atoms with Crippen LogP contribution in [0.25, 0.3) is 11.0 Å². The number of methoxy groups -OCH3 is 1. The molecule has 0 saturated heterocycles. The van der Waals surface area contributed by atoms with Crippen molar-refractivity contribution in [2.24, 2.45) is 0 Å². The lowest BCUT2D eigenvalue weighted by atomic mass is 10.1. The van der Waals surface area contributed by atoms with Crippen molar-refractivity contribution in [1.29, 1.82) is 0 Å². The smallest absolute Gasteiger partial charge is 0.272 e. The molecule has 138 valence electrons. The van der Waals surface area contributed by atoms with Crippen molar-refractivity contribution in [3.05, 3.63) is 58.2 Å². The Balaban J connectivity index is 2.06. The van der Waals surface area contributed by atoms with Crippen molar-refractivity contribution >= 4 is 22.5 Å². The molecule has 1 aromatic carbocycles. The third kappa shape index (κ3) is 3.81. The molecule has 3 aromatic rings. The van der Waals surface area contributed by atoms with E-state index in [0.29, 0.717) is 22.5 Å². The Morgan fingerprint density at radius 2 is 2.00 bits per heavy atom. The van der Waals surface area contributed by atoms with Crippen LogP contribution >= 0.6 is 0 Å². The number of hydrogen-bond acceptors (Lipinski definition) is 7. The molecule has 0 N–H and O–H groups in total. The molecular weight excluding hydrogens is 357 g/mol. The van der Waals surface area contributed by atoms with E-state index in [2.05, 4.69) is 9.97 Å². The molecule has 0 fully saturated rings. The topological polar surface area (TPSA) is 104 Å². The molecule has 0 saturated carbocycles. The van der Waals surface area contributed by atoms with Crippen LogP contribution in [0.2, 0.25) is 0 Å². The summed E-state index contributed by atoms with van der Waals surface area (Å²) in [6.45, 7) is 1.43. The minimum atomic E-state index is -0.883. The van der Waals surface area contributed by atoms with E-state index in [9.17, 15) is 19.3 Å². The highest BCUT2D eigenvalue weighted by molar-refractivity contribution is 5.84. The Bertz CT molecular complexity index is 1050. The van der Waals surface area contributed by atoms with Crippen molar-refractivity contribution in [2.75, 3.05) is 7.11 Å². The minimum Gasteiger partial charge on any atom is -0.495 e. The first-order valence-corrected chi connectivity index (χ1v) is 7.83. The minimum absolute atomic E-state index is 0.0549. The summed E-state index contributed by atoms with van der Waals surface area (Å²) >= 11 is 0. The number of ketones is 1. The first kappa shape index (κ1) is 18.2. The Hall–Kier alpha value is -3.62. The molecule has 0 bridgehead atoms. The van der Waals surface area contributed by atoms with Gasteiger partial charge >= 0.3 is 0 Å². The molecule has 27 heavy (non-hydrogen) atoms. The fourth-order valence-electron chi connectivity index (χ4n) is 2.49. The second kappa shape index (κ2) is 7.32. The highest BCUT2D eigenvalue weighted by atomic mass is 19.1. The number of nitrogens with zero attached hydrogens (tertiary/aromatic N) is 3. The molecule has 0 aliphatic carbocycles. The fourth-order valence-corrected chi connectivity index (χ4v) is 2.49. The maximum absolute atomic E-state index is 14.1. The van der Waals surface area contributed by atoms with E-state index in [4.69, 9.17) is 9.47 Å². The number of halogens is 1. The Morgan fingerprint density at radius 1 is 1.22 bits per heavy atom. The number of Topliss-reactive ketones (excluding diaryl/α,β-unsaturated/α-hetero) is 1. The first-order valence-electron chi connectivity index (χ1n) is 7.83. The van der Waals surface area contributed by atoms with E-state index in [1.807, 2.05) is 0 Å². The first-order chi connectivity index (χ1) is 12.9. The van der Waals surface area contributed by atoms with Crippen LogP contribution in [-0.4, -0.2) is 27.8 Å². The largest absolute Gasteiger partial charge is 0.495 e. The van der Waals surface area contributed by atoms with Gasteiger partial charge in [-0.25, -0.2) is 9.37 Å². The maximum atomic E-state index is 14.1. The Kier molecular flexibility index (Phi) is 4.93. The van der Waals surface area contributed by atoms with E-state index in [0.717, 1.165) is 12.1 Å². The van der Waals surface area contributed by atoms with Crippen molar-refractivity contribution < 1.29 is 23.6 Å². The zero-order valence-electron chi connectivity index (χ0n) is 14.4. The van der Waals surface area contributed by atoms with E-state index >= 15 is 0 Å². The summed E-state index contributed by atoms with van der Waals surface area (Å²) in [5.74, 6) is -0.581. The zero-order chi connectivity index (χ0) is 19.6. The predicted molar refractivity (Wildman–Crippen MR) is 93.6 cm³/mol. The van der Waals surface area contributed by atoms with Gasteiger partial charge in [0.2, 0.25) is 0 Å². The van der Waals surface area contributed by atoms with E-state index in [1.165, 1.54) is 32.4 Å². The lowest BCUT2D eigenvalue weighted by Crippen LogP contribution is -2.04. The standard InChI is InChI=1S/C18H14FN3O5/c1-10(23)7-13-17(26-2)9-14-18(21-13)16(5-6-20-14)27-15-4-3-11(22(24)25)8-12(15)19/h3-6,8-9H,7H2,1-2H3. The van der Waals surface area contributed by atoms with E-state index in [-0.39, 0.29) is 29.4 Å². The number of pyridine rings is 2. The summed E-state index contributed by atoms with van der Waals surface area (Å²) in [5, 5.41) is 10.7. The SMILES string of the molecule is COc1cc2nccc(Oc3ccc([N+](=O)[O-])cc3F)c2nc1CC(C)=O. The quantitative estimate of drug-likeness (QED) is 0.481. The van der Waals surface area contributed by atoms with Crippen LogP contribution in [-0.2, 0) is 11.2 Å². The predicted octanol–water partition coefficient (Wildman–Crippen LogP) is 3.61. The summed E-state index contributed by atoms with van der Waals surface area (Å²) in [4.78, 5) is 30.1. The average Bonchev–Trinajstić information content (AvgIpc) is 2.62. The number of ether oxygens (including phenoxy) is 2. The summed E-state index contributed by atoms with van der Waals surface area (Å²) in [6.07, 6.45) is 1.51. The van der Waals surface area contributed by atoms with E-state index in [1.54, 1.807) is 6.07 Å². The molecule has 0 spiro atoms. The monoisotopic (exact) mass is 371 g/mol. The summed E-state index contributed by atoms with van der Waals surface area (Å²) in [6, 6.07) is 6.18. The van der Waals surface area contributed by atoms with Crippen molar-refractivity contribution in [3.8, 4) is 17.2 Å². The van der Waals surface area contributed by atoms with Gasteiger partial charge in [-0.15, -0.1) is 0 Å². The van der Waals surface area contributed by atoms with Gasteiger partial charge in [0.05, 0.1) is 35.7 Å². The molecule has 2 heterocycles. The molecule has 8 nitrogen and oxygen atoms in total. The van der Waals surface area contributed by atoms with Crippen molar-refractivity contribution in [3.63, 3.8) is 0 Å². The molecular formula is C18H14FN3O5. The molecule has 0 amide bonds. The van der Waals surface area contributed by atoms with Crippen molar-refractivity contribution in [1.82, 2.24) is 9.97 Å². The highest BCUT2D eigenvalue weighted by Crippen LogP contribution is 2.33. The zero-order valence-corrected chi connectivity index (χ0v) is 14.4. The molecule has 0 atom stereocenters. The summed E-state index contributed by atoms with van der Waals surface area (Å²) in [7, 11) is 1.46. The average molecular weight is 371 g/mol. The number of rotatable bonds is 6. The Morgan fingerprint density at radius 3 is 2.63 bits per heavy atom. The van der Waals surface area contributed by atoms with Crippen LogP contribution < -0.4 is 9.47 Å². The van der Waals surface area contributed by atoms with Gasteiger partial charge in [0.15, 0.2) is 17.3 Å². The van der Waals surface area contributed by atoms with Gasteiger partial charge in [0, 0.05) is 24.4 Å². The van der Waals surface area contributed by atoms with E-state index < -0.39 is 10.7 Å². The number of nitro benzene ring substituents is 1. The van der Waals surface area contributed by atoms with Crippen LogP contribution in [0, 0.1) is 15.9 Å². The van der Waals surface area contributed by atoms with Gasteiger partial charge in [0.25, 0.3) is 5.69 Å². The Labute approximate surface area is 152 Å². The molecule has 2 aromatic heterocycles. The summed E-state index contributed by atoms with van der Waals surface area (Å²) < 4.78 is 24.9. The number of carbonyl (C=O) groups excluding carboxylic acids is 1. The van der Waals surface area contributed by atoms with Gasteiger partial charge in [-0.2, -0.15) is 0 Å². The molecule has 0 aliphatic heterocycles. The molecule has 3 rings (SSSR count). The van der Waals surface area contributed by atoms with Gasteiger partial charge in [0.1, 0.15) is 17.0 Å². The fraction of sp³-hybridized carbons (Fsp3) is 0.167. The molecule has 0 unspecified atom stereocenters. The lowest BCUT2D eigenvalue weighted by molar-refractivity contribution is -0.385. The van der Waals surface area contributed by atoms with Crippen LogP contribution in [0.15, 0.2) is 36.5 Å². The van der Waals surface area contributed by atoms with Crippen LogP contribution in [0.1, 0.15) is 12.6 Å². The number of nitro groups is 1. The maximum Gasteiger partial charge on any atom is 0.272 e. The highest BCUT2D eigenvalue weighted by Gasteiger charge is 2.16. The number of carbonyl (C=O) groups is 1. The lowest BCUT2D eigenvalue weighted by Gasteiger charge is -2.12. The van der Waals surface area contributed by atoms with Gasteiger partial charge in [-0.05, 0) is 13.0 Å². The van der Waals surface area contributed by atoms with Crippen LogP contribution in [0.3, 0.4) is 0 Å². The van der Waals surface area contributed by atoms with Gasteiger partial charge in [-0.1, -0.05) is 0 Å². The second-order valence-corrected chi connectivity index (χ2v) is 5.67.